The maximum Gasteiger partial charge on any atom is 0.326 e. The van der Waals surface area contributed by atoms with Gasteiger partial charge in [0.05, 0.1) is 19.9 Å². The third kappa shape index (κ3) is 2.57. The fourth-order valence-electron chi connectivity index (χ4n) is 2.75. The number of hydrogen-bond donors (Lipinski definition) is 1. The summed E-state index contributed by atoms with van der Waals surface area (Å²) in [7, 11) is 0. The molecule has 1 N–H and O–H groups in total. The van der Waals surface area contributed by atoms with Gasteiger partial charge < -0.3 is 10.1 Å². The third-order valence-electron chi connectivity index (χ3n) is 4.14. The third-order valence-corrected chi connectivity index (χ3v) is 4.14. The van der Waals surface area contributed by atoms with Gasteiger partial charge in [-0.3, -0.25) is 9.69 Å². The van der Waals surface area contributed by atoms with Crippen molar-refractivity contribution < 1.29 is 18.7 Å². The summed E-state index contributed by atoms with van der Waals surface area (Å²) in [5.41, 5.74) is -0.589. The first-order valence-electron chi connectivity index (χ1n) is 7.21. The molecule has 6 nitrogen and oxygen atoms in total. The van der Waals surface area contributed by atoms with E-state index in [1.807, 2.05) is 4.90 Å². The minimum atomic E-state index is -1.16. The summed E-state index contributed by atoms with van der Waals surface area (Å²) in [6.07, 6.45) is 0. The number of carbonyl (C=O) groups excluding carboxylic acids is 2. The molecule has 2 saturated heterocycles. The van der Waals surface area contributed by atoms with E-state index in [0.29, 0.717) is 31.9 Å². The Balaban J connectivity index is 1.79. The second kappa shape index (κ2) is 5.66. The average Bonchev–Trinajstić information content (AvgIpc) is 2.73. The molecule has 0 spiro atoms. The number of ether oxygens (including phenoxy) is 1. The quantitative estimate of drug-likeness (QED) is 0.842. The molecule has 3 rings (SSSR count). The van der Waals surface area contributed by atoms with Crippen LogP contribution in [0.3, 0.4) is 0 Å². The Bertz CT molecular complexity index is 586. The number of carbonyl (C=O) groups is 2. The van der Waals surface area contributed by atoms with Gasteiger partial charge in [-0.05, 0) is 24.6 Å². The van der Waals surface area contributed by atoms with Crippen LogP contribution in [0.15, 0.2) is 24.3 Å². The van der Waals surface area contributed by atoms with E-state index in [9.17, 15) is 14.0 Å². The fourth-order valence-corrected chi connectivity index (χ4v) is 2.75. The van der Waals surface area contributed by atoms with Crippen molar-refractivity contribution in [1.29, 1.82) is 0 Å². The van der Waals surface area contributed by atoms with Gasteiger partial charge >= 0.3 is 6.03 Å². The Hall–Kier alpha value is -1.99. The molecule has 2 fully saturated rings. The number of morpholine rings is 1. The van der Waals surface area contributed by atoms with E-state index in [2.05, 4.69) is 5.32 Å². The van der Waals surface area contributed by atoms with Gasteiger partial charge in [0.15, 0.2) is 0 Å². The summed E-state index contributed by atoms with van der Waals surface area (Å²) in [6, 6.07) is 5.18. The molecule has 0 unspecified atom stereocenters. The molecular weight excluding hydrogens is 289 g/mol. The number of halogens is 1. The number of nitrogens with zero attached hydrogens (tertiary/aromatic N) is 2. The summed E-state index contributed by atoms with van der Waals surface area (Å²) in [4.78, 5) is 28.1. The van der Waals surface area contributed by atoms with Crippen LogP contribution in [0.2, 0.25) is 0 Å². The van der Waals surface area contributed by atoms with E-state index < -0.39 is 11.6 Å². The number of hydrogen-bond acceptors (Lipinski definition) is 4. The standard InChI is InChI=1S/C15H18FN3O3/c1-15(11-2-4-12(16)5-3-11)13(20)19(14(21)17-15)10-18-6-8-22-9-7-18/h2-5H,6-10H2,1H3,(H,17,21)/t15-/m1/s1. The van der Waals surface area contributed by atoms with Crippen molar-refractivity contribution in [3.05, 3.63) is 35.6 Å². The van der Waals surface area contributed by atoms with Crippen LogP contribution in [-0.4, -0.2) is 54.7 Å². The van der Waals surface area contributed by atoms with Gasteiger partial charge in [0, 0.05) is 13.1 Å². The minimum absolute atomic E-state index is 0.241. The van der Waals surface area contributed by atoms with Gasteiger partial charge in [0.25, 0.3) is 5.91 Å². The first-order chi connectivity index (χ1) is 10.5. The normalized spacial score (nSPS) is 26.4. The van der Waals surface area contributed by atoms with Gasteiger partial charge in [-0.25, -0.2) is 14.1 Å². The molecular formula is C15H18FN3O3. The summed E-state index contributed by atoms with van der Waals surface area (Å²) >= 11 is 0. The van der Waals surface area contributed by atoms with Gasteiger partial charge in [-0.2, -0.15) is 0 Å². The molecule has 1 aromatic carbocycles. The van der Waals surface area contributed by atoms with Crippen LogP contribution in [0.5, 0.6) is 0 Å². The van der Waals surface area contributed by atoms with Gasteiger partial charge in [0.1, 0.15) is 11.4 Å². The van der Waals surface area contributed by atoms with Gasteiger partial charge in [-0.1, -0.05) is 12.1 Å². The van der Waals surface area contributed by atoms with Crippen molar-refractivity contribution >= 4 is 11.9 Å². The lowest BCUT2D eigenvalue weighted by molar-refractivity contribution is -0.133. The average molecular weight is 307 g/mol. The topological polar surface area (TPSA) is 61.9 Å². The van der Waals surface area contributed by atoms with Gasteiger partial charge in [-0.15, -0.1) is 0 Å². The van der Waals surface area contributed by atoms with E-state index in [1.54, 1.807) is 6.92 Å². The Kier molecular flexibility index (Phi) is 3.84. The SMILES string of the molecule is C[C@]1(c2ccc(F)cc2)NC(=O)N(CN2CCOCC2)C1=O. The Morgan fingerprint density at radius 3 is 2.50 bits per heavy atom. The Morgan fingerprint density at radius 2 is 1.86 bits per heavy atom. The highest BCUT2D eigenvalue weighted by molar-refractivity contribution is 6.07. The Morgan fingerprint density at radius 1 is 1.23 bits per heavy atom. The zero-order valence-electron chi connectivity index (χ0n) is 12.3. The monoisotopic (exact) mass is 307 g/mol. The summed E-state index contributed by atoms with van der Waals surface area (Å²) in [5.74, 6) is -0.704. The number of benzene rings is 1. The zero-order chi connectivity index (χ0) is 15.7. The predicted octanol–water partition coefficient (Wildman–Crippen LogP) is 0.882. The highest BCUT2D eigenvalue weighted by atomic mass is 19.1. The molecule has 118 valence electrons. The molecule has 0 aliphatic carbocycles. The lowest BCUT2D eigenvalue weighted by Gasteiger charge is -2.30. The maximum absolute atomic E-state index is 13.1. The summed E-state index contributed by atoms with van der Waals surface area (Å²) < 4.78 is 18.3. The van der Waals surface area contributed by atoms with Crippen molar-refractivity contribution in [2.24, 2.45) is 0 Å². The molecule has 3 amide bonds. The molecule has 1 atom stereocenters. The van der Waals surface area contributed by atoms with Crippen molar-refractivity contribution in [3.63, 3.8) is 0 Å². The van der Waals surface area contributed by atoms with E-state index in [-0.39, 0.29) is 18.4 Å². The molecule has 22 heavy (non-hydrogen) atoms. The molecule has 2 aliphatic heterocycles. The van der Waals surface area contributed by atoms with Crippen LogP contribution in [0.1, 0.15) is 12.5 Å². The van der Waals surface area contributed by atoms with E-state index in [1.165, 1.54) is 29.2 Å². The van der Waals surface area contributed by atoms with Crippen LogP contribution in [0.4, 0.5) is 9.18 Å². The highest BCUT2D eigenvalue weighted by Crippen LogP contribution is 2.29. The highest BCUT2D eigenvalue weighted by Gasteiger charge is 2.49. The van der Waals surface area contributed by atoms with E-state index in [4.69, 9.17) is 4.74 Å². The van der Waals surface area contributed by atoms with Crippen LogP contribution >= 0.6 is 0 Å². The lowest BCUT2D eigenvalue weighted by Crippen LogP contribution is -2.47. The van der Waals surface area contributed by atoms with Crippen LogP contribution < -0.4 is 5.32 Å². The lowest BCUT2D eigenvalue weighted by atomic mass is 9.92. The molecule has 0 aromatic heterocycles. The molecule has 0 bridgehead atoms. The number of imide groups is 1. The number of urea groups is 1. The van der Waals surface area contributed by atoms with Crippen LogP contribution in [0.25, 0.3) is 0 Å². The second-order valence-corrected chi connectivity index (χ2v) is 5.67. The summed E-state index contributed by atoms with van der Waals surface area (Å²) in [6.45, 7) is 4.44. The smallest absolute Gasteiger partial charge is 0.326 e. The first kappa shape index (κ1) is 14.9. The largest absolute Gasteiger partial charge is 0.379 e. The first-order valence-corrected chi connectivity index (χ1v) is 7.21. The molecule has 1 aromatic rings. The van der Waals surface area contributed by atoms with E-state index in [0.717, 1.165) is 0 Å². The molecule has 0 radical (unpaired) electrons. The van der Waals surface area contributed by atoms with Crippen molar-refractivity contribution in [3.8, 4) is 0 Å². The molecule has 2 aliphatic rings. The van der Waals surface area contributed by atoms with Gasteiger partial charge in [0.2, 0.25) is 0 Å². The number of rotatable bonds is 3. The minimum Gasteiger partial charge on any atom is -0.379 e. The molecule has 0 saturated carbocycles. The second-order valence-electron chi connectivity index (χ2n) is 5.67. The van der Waals surface area contributed by atoms with Crippen molar-refractivity contribution in [1.82, 2.24) is 15.1 Å². The van der Waals surface area contributed by atoms with Crippen LogP contribution in [-0.2, 0) is 15.1 Å². The number of amides is 3. The Labute approximate surface area is 127 Å². The fraction of sp³-hybridized carbons (Fsp3) is 0.467. The maximum atomic E-state index is 13.1. The van der Waals surface area contributed by atoms with Crippen molar-refractivity contribution in [2.75, 3.05) is 33.0 Å². The number of nitrogens with one attached hydrogen (secondary N) is 1. The van der Waals surface area contributed by atoms with Crippen molar-refractivity contribution in [2.45, 2.75) is 12.5 Å². The predicted molar refractivity (Wildman–Crippen MR) is 76.4 cm³/mol. The molecule has 2 heterocycles. The zero-order valence-corrected chi connectivity index (χ0v) is 12.3. The molecule has 7 heteroatoms. The van der Waals surface area contributed by atoms with E-state index >= 15 is 0 Å². The summed E-state index contributed by atoms with van der Waals surface area (Å²) in [5, 5.41) is 2.71. The van der Waals surface area contributed by atoms with Crippen LogP contribution in [0, 0.1) is 5.82 Å².